The standard InChI is InChI=1S/C20H25FN2O7S/c1-13(23-31(26,27)18-10-5-4-7-15(18)21)20(25)22-11-14(24)12-30-19-16(28-2)8-6-9-17(19)29-3/h4-10,13-14,23-24H,11-12H2,1-3H3,(H,22,25)/t13-,14?/m0/s1. The van der Waals surface area contributed by atoms with Gasteiger partial charge in [0.15, 0.2) is 11.5 Å². The van der Waals surface area contributed by atoms with Crippen LogP contribution in [0, 0.1) is 5.82 Å². The summed E-state index contributed by atoms with van der Waals surface area (Å²) in [5, 5.41) is 12.5. The van der Waals surface area contributed by atoms with Gasteiger partial charge in [-0.25, -0.2) is 12.8 Å². The van der Waals surface area contributed by atoms with Crippen LogP contribution in [0.15, 0.2) is 47.4 Å². The molecule has 0 heterocycles. The summed E-state index contributed by atoms with van der Waals surface area (Å²) in [5.41, 5.74) is 0. The number of rotatable bonds is 11. The predicted octanol–water partition coefficient (Wildman–Crippen LogP) is 1.07. The second-order valence-electron chi connectivity index (χ2n) is 6.48. The Morgan fingerprint density at radius 3 is 2.29 bits per heavy atom. The van der Waals surface area contributed by atoms with E-state index in [4.69, 9.17) is 14.2 Å². The van der Waals surface area contributed by atoms with E-state index in [1.54, 1.807) is 18.2 Å². The molecule has 0 aromatic heterocycles. The number of hydrogen-bond donors (Lipinski definition) is 3. The molecule has 11 heteroatoms. The molecule has 170 valence electrons. The van der Waals surface area contributed by atoms with E-state index in [2.05, 4.69) is 10.0 Å². The molecule has 0 fully saturated rings. The van der Waals surface area contributed by atoms with Gasteiger partial charge in [0, 0.05) is 6.54 Å². The SMILES string of the molecule is COc1cccc(OC)c1OCC(O)CNC(=O)[C@H](C)NS(=O)(=O)c1ccccc1F. The molecular weight excluding hydrogens is 431 g/mol. The van der Waals surface area contributed by atoms with Crippen LogP contribution in [0.5, 0.6) is 17.2 Å². The number of carbonyl (C=O) groups excluding carboxylic acids is 1. The minimum absolute atomic E-state index is 0.188. The Hall–Kier alpha value is -2.89. The van der Waals surface area contributed by atoms with Crippen molar-refractivity contribution in [2.24, 2.45) is 0 Å². The number of carbonyl (C=O) groups is 1. The smallest absolute Gasteiger partial charge is 0.244 e. The van der Waals surface area contributed by atoms with Crippen molar-refractivity contribution in [1.82, 2.24) is 10.0 Å². The van der Waals surface area contributed by atoms with Crippen LogP contribution in [-0.4, -0.2) is 58.9 Å². The van der Waals surface area contributed by atoms with Crippen LogP contribution in [-0.2, 0) is 14.8 Å². The first-order valence-electron chi connectivity index (χ1n) is 9.26. The minimum Gasteiger partial charge on any atom is -0.493 e. The Bertz CT molecular complexity index is 979. The van der Waals surface area contributed by atoms with Crippen LogP contribution in [0.1, 0.15) is 6.92 Å². The molecule has 0 bridgehead atoms. The van der Waals surface area contributed by atoms with Gasteiger partial charge in [0.1, 0.15) is 23.4 Å². The number of benzene rings is 2. The van der Waals surface area contributed by atoms with Gasteiger partial charge in [0.2, 0.25) is 21.7 Å². The average Bonchev–Trinajstić information content (AvgIpc) is 2.75. The maximum Gasteiger partial charge on any atom is 0.244 e. The van der Waals surface area contributed by atoms with Crippen LogP contribution in [0.2, 0.25) is 0 Å². The van der Waals surface area contributed by atoms with Crippen molar-refractivity contribution >= 4 is 15.9 Å². The lowest BCUT2D eigenvalue weighted by atomic mass is 10.3. The van der Waals surface area contributed by atoms with E-state index < -0.39 is 38.8 Å². The van der Waals surface area contributed by atoms with E-state index in [1.165, 1.54) is 33.3 Å². The third-order valence-electron chi connectivity index (χ3n) is 4.17. The molecule has 3 N–H and O–H groups in total. The van der Waals surface area contributed by atoms with E-state index >= 15 is 0 Å². The Morgan fingerprint density at radius 2 is 1.71 bits per heavy atom. The zero-order chi connectivity index (χ0) is 23.0. The highest BCUT2D eigenvalue weighted by atomic mass is 32.2. The van der Waals surface area contributed by atoms with Gasteiger partial charge in [-0.15, -0.1) is 0 Å². The number of amides is 1. The number of aliphatic hydroxyl groups excluding tert-OH is 1. The summed E-state index contributed by atoms with van der Waals surface area (Å²) in [5.74, 6) is -0.516. The number of aliphatic hydroxyl groups is 1. The van der Waals surface area contributed by atoms with Crippen LogP contribution in [0.25, 0.3) is 0 Å². The van der Waals surface area contributed by atoms with Crippen molar-refractivity contribution in [2.75, 3.05) is 27.4 Å². The summed E-state index contributed by atoms with van der Waals surface area (Å²) >= 11 is 0. The van der Waals surface area contributed by atoms with Crippen molar-refractivity contribution in [3.63, 3.8) is 0 Å². The number of nitrogens with one attached hydrogen (secondary N) is 2. The molecule has 1 amide bonds. The number of methoxy groups -OCH3 is 2. The first-order valence-corrected chi connectivity index (χ1v) is 10.7. The lowest BCUT2D eigenvalue weighted by Crippen LogP contribution is -2.47. The summed E-state index contributed by atoms with van der Waals surface area (Å²) < 4.78 is 56.3. The Balaban J connectivity index is 1.89. The van der Waals surface area contributed by atoms with Gasteiger partial charge >= 0.3 is 0 Å². The zero-order valence-corrected chi connectivity index (χ0v) is 18.1. The molecular formula is C20H25FN2O7S. The third kappa shape index (κ3) is 6.54. The molecule has 2 rings (SSSR count). The number of hydrogen-bond acceptors (Lipinski definition) is 7. The molecule has 0 spiro atoms. The van der Waals surface area contributed by atoms with Crippen molar-refractivity contribution in [3.05, 3.63) is 48.3 Å². The summed E-state index contributed by atoms with van der Waals surface area (Å²) in [4.78, 5) is 11.6. The molecule has 0 radical (unpaired) electrons. The molecule has 2 atom stereocenters. The molecule has 31 heavy (non-hydrogen) atoms. The summed E-state index contributed by atoms with van der Waals surface area (Å²) in [6, 6.07) is 8.66. The molecule has 0 saturated heterocycles. The molecule has 0 aliphatic rings. The van der Waals surface area contributed by atoms with Crippen molar-refractivity contribution in [3.8, 4) is 17.2 Å². The summed E-state index contributed by atoms with van der Waals surface area (Å²) in [6.45, 7) is 0.907. The second kappa shape index (κ2) is 10.9. The summed E-state index contributed by atoms with van der Waals surface area (Å²) in [6.07, 6.45) is -1.10. The van der Waals surface area contributed by atoms with Gasteiger partial charge in [-0.2, -0.15) is 4.72 Å². The number of para-hydroxylation sites is 1. The van der Waals surface area contributed by atoms with Gasteiger partial charge < -0.3 is 24.6 Å². The van der Waals surface area contributed by atoms with Crippen molar-refractivity contribution in [2.45, 2.75) is 24.0 Å². The first-order chi connectivity index (χ1) is 14.7. The first kappa shape index (κ1) is 24.4. The molecule has 2 aromatic rings. The van der Waals surface area contributed by atoms with Crippen molar-refractivity contribution in [1.29, 1.82) is 0 Å². The molecule has 0 aliphatic carbocycles. The van der Waals surface area contributed by atoms with E-state index in [-0.39, 0.29) is 13.2 Å². The normalized spacial score (nSPS) is 13.2. The van der Waals surface area contributed by atoms with Gasteiger partial charge in [-0.05, 0) is 31.2 Å². The molecule has 0 aliphatic heterocycles. The third-order valence-corrected chi connectivity index (χ3v) is 5.74. The monoisotopic (exact) mass is 456 g/mol. The van der Waals surface area contributed by atoms with Crippen LogP contribution < -0.4 is 24.2 Å². The van der Waals surface area contributed by atoms with E-state index in [0.717, 1.165) is 12.1 Å². The topological polar surface area (TPSA) is 123 Å². The van der Waals surface area contributed by atoms with Gasteiger partial charge in [0.25, 0.3) is 0 Å². The largest absolute Gasteiger partial charge is 0.493 e. The van der Waals surface area contributed by atoms with E-state index in [9.17, 15) is 22.7 Å². The van der Waals surface area contributed by atoms with Gasteiger partial charge in [0.05, 0.1) is 20.3 Å². The fourth-order valence-corrected chi connectivity index (χ4v) is 3.86. The van der Waals surface area contributed by atoms with Crippen LogP contribution >= 0.6 is 0 Å². The lowest BCUT2D eigenvalue weighted by molar-refractivity contribution is -0.122. The van der Waals surface area contributed by atoms with E-state index in [0.29, 0.717) is 17.2 Å². The predicted molar refractivity (Wildman–Crippen MR) is 110 cm³/mol. The van der Waals surface area contributed by atoms with Crippen LogP contribution in [0.4, 0.5) is 4.39 Å². The Morgan fingerprint density at radius 1 is 1.10 bits per heavy atom. The van der Waals surface area contributed by atoms with Gasteiger partial charge in [-0.1, -0.05) is 18.2 Å². The Kier molecular flexibility index (Phi) is 8.60. The summed E-state index contributed by atoms with van der Waals surface area (Å²) in [7, 11) is -1.32. The zero-order valence-electron chi connectivity index (χ0n) is 17.3. The fraction of sp³-hybridized carbons (Fsp3) is 0.350. The highest BCUT2D eigenvalue weighted by molar-refractivity contribution is 7.89. The lowest BCUT2D eigenvalue weighted by Gasteiger charge is -2.18. The second-order valence-corrected chi connectivity index (χ2v) is 8.16. The molecule has 0 saturated carbocycles. The molecule has 9 nitrogen and oxygen atoms in total. The van der Waals surface area contributed by atoms with Gasteiger partial charge in [-0.3, -0.25) is 4.79 Å². The molecule has 1 unspecified atom stereocenters. The highest BCUT2D eigenvalue weighted by Crippen LogP contribution is 2.36. The molecule has 2 aromatic carbocycles. The van der Waals surface area contributed by atoms with Crippen LogP contribution in [0.3, 0.4) is 0 Å². The number of ether oxygens (including phenoxy) is 3. The number of halogens is 1. The highest BCUT2D eigenvalue weighted by Gasteiger charge is 2.25. The fourth-order valence-electron chi connectivity index (χ4n) is 2.58. The Labute approximate surface area is 180 Å². The maximum atomic E-state index is 13.7. The number of sulfonamides is 1. The van der Waals surface area contributed by atoms with Crippen molar-refractivity contribution < 1.29 is 36.9 Å². The quantitative estimate of drug-likeness (QED) is 0.462. The average molecular weight is 456 g/mol. The van der Waals surface area contributed by atoms with E-state index in [1.807, 2.05) is 0 Å². The maximum absolute atomic E-state index is 13.7. The minimum atomic E-state index is -4.24.